The normalized spacial score (nSPS) is 12.1. The van der Waals surface area contributed by atoms with E-state index in [1.807, 2.05) is 31.2 Å². The number of nitrogen functional groups attached to an aromatic ring is 1. The van der Waals surface area contributed by atoms with Crippen molar-refractivity contribution in [3.8, 4) is 0 Å². The van der Waals surface area contributed by atoms with E-state index in [0.717, 1.165) is 12.0 Å². The number of hydrogen-bond acceptors (Lipinski definition) is 4. The summed E-state index contributed by atoms with van der Waals surface area (Å²) in [6, 6.07) is 7.38. The maximum absolute atomic E-state index is 12.0. The summed E-state index contributed by atoms with van der Waals surface area (Å²) in [4.78, 5) is 16.0. The summed E-state index contributed by atoms with van der Waals surface area (Å²) in [6.45, 7) is 2.01. The maximum Gasteiger partial charge on any atom is 0.271 e. The van der Waals surface area contributed by atoms with Crippen LogP contribution in [0.3, 0.4) is 0 Å². The van der Waals surface area contributed by atoms with E-state index in [-0.39, 0.29) is 11.9 Å². The second kappa shape index (κ2) is 6.04. The van der Waals surface area contributed by atoms with Crippen molar-refractivity contribution in [1.82, 2.24) is 10.3 Å². The molecule has 0 saturated heterocycles. The Kier molecular flexibility index (Phi) is 4.39. The Bertz CT molecular complexity index is 568. The molecule has 1 atom stereocenters. The van der Waals surface area contributed by atoms with Crippen molar-refractivity contribution in [2.45, 2.75) is 19.4 Å². The number of carbonyl (C=O) groups excluding carboxylic acids is 1. The molecular weight excluding hydrogens is 282 g/mol. The first-order valence-electron chi connectivity index (χ1n) is 5.87. The van der Waals surface area contributed by atoms with Crippen LogP contribution >= 0.6 is 22.9 Å². The van der Waals surface area contributed by atoms with Gasteiger partial charge in [0.2, 0.25) is 0 Å². The first kappa shape index (κ1) is 13.8. The van der Waals surface area contributed by atoms with E-state index in [1.54, 1.807) is 5.38 Å². The highest BCUT2D eigenvalue weighted by atomic mass is 35.5. The average Bonchev–Trinajstić information content (AvgIpc) is 2.84. The predicted molar refractivity (Wildman–Crippen MR) is 78.5 cm³/mol. The van der Waals surface area contributed by atoms with Crippen molar-refractivity contribution in [2.75, 3.05) is 5.73 Å². The third-order valence-corrected chi connectivity index (χ3v) is 3.67. The number of nitrogens with two attached hydrogens (primary N) is 1. The Hall–Kier alpha value is -1.59. The van der Waals surface area contributed by atoms with Gasteiger partial charge in [-0.3, -0.25) is 4.79 Å². The highest BCUT2D eigenvalue weighted by molar-refractivity contribution is 7.13. The van der Waals surface area contributed by atoms with Crippen molar-refractivity contribution >= 4 is 34.0 Å². The van der Waals surface area contributed by atoms with Crippen LogP contribution in [0.2, 0.25) is 5.02 Å². The SMILES string of the molecule is CCC(NC(=O)c1csc(N)n1)c1ccc(Cl)cc1. The van der Waals surface area contributed by atoms with Crippen LogP contribution in [0, 0.1) is 0 Å². The van der Waals surface area contributed by atoms with Crippen LogP contribution in [0.25, 0.3) is 0 Å². The number of hydrogen-bond donors (Lipinski definition) is 2. The zero-order chi connectivity index (χ0) is 13.8. The Balaban J connectivity index is 2.11. The summed E-state index contributed by atoms with van der Waals surface area (Å²) in [7, 11) is 0. The summed E-state index contributed by atoms with van der Waals surface area (Å²) in [6.07, 6.45) is 0.785. The number of nitrogens with zero attached hydrogens (tertiary/aromatic N) is 1. The highest BCUT2D eigenvalue weighted by Gasteiger charge is 2.16. The average molecular weight is 296 g/mol. The minimum Gasteiger partial charge on any atom is -0.375 e. The van der Waals surface area contributed by atoms with E-state index in [9.17, 15) is 4.79 Å². The quantitative estimate of drug-likeness (QED) is 0.909. The molecule has 1 aromatic carbocycles. The number of amides is 1. The minimum atomic E-state index is -0.213. The molecule has 1 amide bonds. The van der Waals surface area contributed by atoms with Crippen LogP contribution < -0.4 is 11.1 Å². The molecule has 0 radical (unpaired) electrons. The molecule has 0 saturated carbocycles. The summed E-state index contributed by atoms with van der Waals surface area (Å²) >= 11 is 7.11. The maximum atomic E-state index is 12.0. The van der Waals surface area contributed by atoms with Gasteiger partial charge in [-0.2, -0.15) is 0 Å². The molecule has 3 N–H and O–H groups in total. The van der Waals surface area contributed by atoms with E-state index in [0.29, 0.717) is 15.8 Å². The number of carbonyl (C=O) groups is 1. The van der Waals surface area contributed by atoms with Gasteiger partial charge in [0.15, 0.2) is 5.13 Å². The van der Waals surface area contributed by atoms with E-state index in [2.05, 4.69) is 10.3 Å². The molecule has 0 fully saturated rings. The number of halogens is 1. The third kappa shape index (κ3) is 3.45. The Morgan fingerprint density at radius 2 is 2.16 bits per heavy atom. The molecular formula is C13H14ClN3OS. The summed E-state index contributed by atoms with van der Waals surface area (Å²) in [5.74, 6) is -0.213. The predicted octanol–water partition coefficient (Wildman–Crippen LogP) is 3.26. The molecule has 0 aliphatic heterocycles. The van der Waals surface area contributed by atoms with E-state index in [1.165, 1.54) is 11.3 Å². The number of aromatic nitrogens is 1. The lowest BCUT2D eigenvalue weighted by Gasteiger charge is -2.16. The smallest absolute Gasteiger partial charge is 0.271 e. The largest absolute Gasteiger partial charge is 0.375 e. The highest BCUT2D eigenvalue weighted by Crippen LogP contribution is 2.20. The van der Waals surface area contributed by atoms with Crippen molar-refractivity contribution in [3.05, 3.63) is 45.9 Å². The van der Waals surface area contributed by atoms with E-state index >= 15 is 0 Å². The third-order valence-electron chi connectivity index (χ3n) is 2.74. The zero-order valence-corrected chi connectivity index (χ0v) is 12.0. The van der Waals surface area contributed by atoms with Gasteiger partial charge in [0, 0.05) is 10.4 Å². The Morgan fingerprint density at radius 3 is 2.68 bits per heavy atom. The Morgan fingerprint density at radius 1 is 1.47 bits per heavy atom. The molecule has 2 aromatic rings. The van der Waals surface area contributed by atoms with Gasteiger partial charge in [-0.1, -0.05) is 30.7 Å². The molecule has 0 spiro atoms. The van der Waals surface area contributed by atoms with Crippen LogP contribution in [0.4, 0.5) is 5.13 Å². The summed E-state index contributed by atoms with van der Waals surface area (Å²) < 4.78 is 0. The van der Waals surface area contributed by atoms with Gasteiger partial charge in [0.25, 0.3) is 5.91 Å². The molecule has 1 unspecified atom stereocenters. The van der Waals surface area contributed by atoms with E-state index in [4.69, 9.17) is 17.3 Å². The van der Waals surface area contributed by atoms with Crippen molar-refractivity contribution in [3.63, 3.8) is 0 Å². The molecule has 6 heteroatoms. The van der Waals surface area contributed by atoms with Crippen LogP contribution in [-0.4, -0.2) is 10.9 Å². The first-order valence-corrected chi connectivity index (χ1v) is 7.13. The minimum absolute atomic E-state index is 0.0623. The molecule has 0 aliphatic rings. The fourth-order valence-electron chi connectivity index (χ4n) is 1.74. The zero-order valence-electron chi connectivity index (χ0n) is 10.4. The summed E-state index contributed by atoms with van der Waals surface area (Å²) in [5.41, 5.74) is 6.89. The van der Waals surface area contributed by atoms with Crippen LogP contribution in [0.1, 0.15) is 35.4 Å². The lowest BCUT2D eigenvalue weighted by molar-refractivity contribution is 0.0931. The van der Waals surface area contributed by atoms with Crippen LogP contribution in [-0.2, 0) is 0 Å². The van der Waals surface area contributed by atoms with Gasteiger partial charge >= 0.3 is 0 Å². The van der Waals surface area contributed by atoms with Gasteiger partial charge in [0.05, 0.1) is 6.04 Å². The molecule has 0 bridgehead atoms. The Labute approximate surface area is 120 Å². The molecule has 0 aliphatic carbocycles. The molecule has 1 aromatic heterocycles. The van der Waals surface area contributed by atoms with Gasteiger partial charge in [-0.05, 0) is 24.1 Å². The number of benzene rings is 1. The number of nitrogens with one attached hydrogen (secondary N) is 1. The van der Waals surface area contributed by atoms with Crippen LogP contribution in [0.5, 0.6) is 0 Å². The fourth-order valence-corrected chi connectivity index (χ4v) is 2.41. The number of anilines is 1. The van der Waals surface area contributed by atoms with Crippen molar-refractivity contribution in [2.24, 2.45) is 0 Å². The van der Waals surface area contributed by atoms with Gasteiger partial charge in [-0.25, -0.2) is 4.98 Å². The lowest BCUT2D eigenvalue weighted by Crippen LogP contribution is -2.28. The van der Waals surface area contributed by atoms with E-state index < -0.39 is 0 Å². The van der Waals surface area contributed by atoms with Crippen molar-refractivity contribution in [1.29, 1.82) is 0 Å². The fraction of sp³-hybridized carbons (Fsp3) is 0.231. The second-order valence-corrected chi connectivity index (χ2v) is 5.38. The standard InChI is InChI=1S/C13H14ClN3OS/c1-2-10(8-3-5-9(14)6-4-8)16-12(18)11-7-19-13(15)17-11/h3-7,10H,2H2,1H3,(H2,15,17)(H,16,18). The number of rotatable bonds is 4. The number of thiazole rings is 1. The van der Waals surface area contributed by atoms with Gasteiger partial charge in [-0.15, -0.1) is 11.3 Å². The topological polar surface area (TPSA) is 68.0 Å². The van der Waals surface area contributed by atoms with Gasteiger partial charge < -0.3 is 11.1 Å². The van der Waals surface area contributed by atoms with Crippen LogP contribution in [0.15, 0.2) is 29.6 Å². The lowest BCUT2D eigenvalue weighted by atomic mass is 10.0. The first-order chi connectivity index (χ1) is 9.10. The monoisotopic (exact) mass is 295 g/mol. The molecule has 2 rings (SSSR count). The summed E-state index contributed by atoms with van der Waals surface area (Å²) in [5, 5.41) is 5.66. The van der Waals surface area contributed by atoms with Gasteiger partial charge in [0.1, 0.15) is 5.69 Å². The van der Waals surface area contributed by atoms with Crippen molar-refractivity contribution < 1.29 is 4.79 Å². The molecule has 100 valence electrons. The molecule has 4 nitrogen and oxygen atoms in total. The molecule has 19 heavy (non-hydrogen) atoms. The molecule has 1 heterocycles. The second-order valence-electron chi connectivity index (χ2n) is 4.06.